The van der Waals surface area contributed by atoms with Gasteiger partial charge in [-0.15, -0.1) is 0 Å². The fraction of sp³-hybridized carbons (Fsp3) is 0.308. The van der Waals surface area contributed by atoms with Gasteiger partial charge in [0.2, 0.25) is 0 Å². The largest absolute Gasteiger partial charge is 0.384 e. The van der Waals surface area contributed by atoms with Gasteiger partial charge in [-0.2, -0.15) is 5.26 Å². The van der Waals surface area contributed by atoms with Gasteiger partial charge in [0.05, 0.1) is 28.2 Å². The van der Waals surface area contributed by atoms with Crippen LogP contribution in [0.5, 0.6) is 0 Å². The van der Waals surface area contributed by atoms with E-state index in [9.17, 15) is 20.2 Å². The molecule has 1 atom stereocenters. The Kier molecular flexibility index (Phi) is 5.65. The van der Waals surface area contributed by atoms with Crippen LogP contribution in [0.4, 0.5) is 17.1 Å². The van der Waals surface area contributed by atoms with Crippen LogP contribution < -0.4 is 15.5 Å². The number of nitro groups is 1. The number of Topliss-reactive ketones (excluding diaryl/α,β-unsaturated/α-hetero) is 1. The lowest BCUT2D eigenvalue weighted by molar-refractivity contribution is -0.384. The van der Waals surface area contributed by atoms with Crippen molar-refractivity contribution in [1.29, 1.82) is 5.26 Å². The van der Waals surface area contributed by atoms with E-state index in [0.29, 0.717) is 29.8 Å². The van der Waals surface area contributed by atoms with Crippen molar-refractivity contribution >= 4 is 22.8 Å². The molecule has 0 radical (unpaired) electrons. The van der Waals surface area contributed by atoms with E-state index in [1.807, 2.05) is 57.1 Å². The molecular weight excluding hydrogens is 430 g/mol. The molecule has 0 aromatic heterocycles. The summed E-state index contributed by atoms with van der Waals surface area (Å²) in [5.41, 5.74) is 9.94. The molecule has 1 aliphatic carbocycles. The van der Waals surface area contributed by atoms with Crippen LogP contribution >= 0.6 is 0 Å². The average molecular weight is 458 g/mol. The second-order valence-electron chi connectivity index (χ2n) is 9.74. The number of non-ortho nitro benzene ring substituents is 1. The first kappa shape index (κ1) is 23.1. The Labute approximate surface area is 198 Å². The molecule has 0 saturated carbocycles. The Morgan fingerprint density at radius 2 is 1.85 bits per heavy atom. The van der Waals surface area contributed by atoms with Crippen molar-refractivity contribution in [3.63, 3.8) is 0 Å². The summed E-state index contributed by atoms with van der Waals surface area (Å²) < 4.78 is 0. The van der Waals surface area contributed by atoms with Gasteiger partial charge < -0.3 is 10.6 Å². The summed E-state index contributed by atoms with van der Waals surface area (Å²) in [5.74, 6) is -0.438. The zero-order valence-corrected chi connectivity index (χ0v) is 19.7. The minimum atomic E-state index is -0.588. The van der Waals surface area contributed by atoms with Crippen molar-refractivity contribution in [2.75, 3.05) is 23.9 Å². The van der Waals surface area contributed by atoms with Crippen molar-refractivity contribution < 1.29 is 9.72 Å². The molecule has 2 N–H and O–H groups in total. The van der Waals surface area contributed by atoms with Crippen LogP contribution in [0.1, 0.15) is 38.2 Å². The van der Waals surface area contributed by atoms with E-state index in [4.69, 9.17) is 5.73 Å². The molecule has 1 aliphatic heterocycles. The van der Waals surface area contributed by atoms with E-state index in [1.54, 1.807) is 17.0 Å². The minimum Gasteiger partial charge on any atom is -0.384 e. The van der Waals surface area contributed by atoms with Crippen molar-refractivity contribution in [3.05, 3.63) is 86.9 Å². The molecule has 1 heterocycles. The van der Waals surface area contributed by atoms with Crippen molar-refractivity contribution in [2.45, 2.75) is 32.6 Å². The topological polar surface area (TPSA) is 116 Å². The Morgan fingerprint density at radius 1 is 1.18 bits per heavy atom. The number of ketones is 1. The summed E-state index contributed by atoms with van der Waals surface area (Å²) in [5, 5.41) is 21.6. The lowest BCUT2D eigenvalue weighted by atomic mass is 9.68. The number of nitrogens with two attached hydrogens (primary N) is 1. The monoisotopic (exact) mass is 457 g/mol. The fourth-order valence-corrected chi connectivity index (χ4v) is 4.85. The lowest BCUT2D eigenvalue weighted by Crippen LogP contribution is -2.42. The van der Waals surface area contributed by atoms with Crippen molar-refractivity contribution in [2.24, 2.45) is 11.1 Å². The number of rotatable bonds is 4. The first-order valence-corrected chi connectivity index (χ1v) is 11.0. The third-order valence-corrected chi connectivity index (χ3v) is 6.42. The number of anilines is 2. The van der Waals surface area contributed by atoms with Crippen LogP contribution in [-0.4, -0.2) is 24.8 Å². The first-order valence-electron chi connectivity index (χ1n) is 11.0. The number of nitro benzene ring substituents is 1. The number of carbonyl (C=O) groups is 1. The molecule has 4 rings (SSSR count). The highest BCUT2D eigenvalue weighted by Crippen LogP contribution is 2.50. The van der Waals surface area contributed by atoms with Gasteiger partial charge in [0.1, 0.15) is 5.82 Å². The number of nitrogens with zero attached hydrogens (tertiary/aromatic N) is 4. The summed E-state index contributed by atoms with van der Waals surface area (Å²) in [6.07, 6.45) is 0.891. The smallest absolute Gasteiger partial charge is 0.271 e. The van der Waals surface area contributed by atoms with Gasteiger partial charge in [-0.05, 0) is 35.6 Å². The highest BCUT2D eigenvalue weighted by Gasteiger charge is 2.44. The van der Waals surface area contributed by atoms with Crippen LogP contribution in [0, 0.1) is 26.9 Å². The highest BCUT2D eigenvalue weighted by molar-refractivity contribution is 6.01. The van der Waals surface area contributed by atoms with Crippen molar-refractivity contribution in [1.82, 2.24) is 0 Å². The van der Waals surface area contributed by atoms with Gasteiger partial charge in [-0.1, -0.05) is 32.0 Å². The predicted molar refractivity (Wildman–Crippen MR) is 131 cm³/mol. The summed E-state index contributed by atoms with van der Waals surface area (Å²) in [4.78, 5) is 28.1. The fourth-order valence-electron chi connectivity index (χ4n) is 4.85. The Hall–Kier alpha value is -4.12. The molecule has 2 aromatic carbocycles. The molecular formula is C26H27N5O3. The molecule has 0 spiro atoms. The molecule has 0 unspecified atom stereocenters. The maximum absolute atomic E-state index is 13.5. The van der Waals surface area contributed by atoms with Gasteiger partial charge in [0.25, 0.3) is 5.69 Å². The third kappa shape index (κ3) is 3.90. The van der Waals surface area contributed by atoms with E-state index in [1.165, 1.54) is 12.1 Å². The average Bonchev–Trinajstić information content (AvgIpc) is 2.77. The molecule has 174 valence electrons. The van der Waals surface area contributed by atoms with Crippen LogP contribution in [0.2, 0.25) is 0 Å². The van der Waals surface area contributed by atoms with E-state index >= 15 is 0 Å². The maximum Gasteiger partial charge on any atom is 0.271 e. The number of hydrogen-bond donors (Lipinski definition) is 1. The van der Waals surface area contributed by atoms with Gasteiger partial charge in [0, 0.05) is 49.6 Å². The number of carbonyl (C=O) groups excluding carboxylic acids is 1. The van der Waals surface area contributed by atoms with Gasteiger partial charge in [-0.25, -0.2) is 0 Å². The molecule has 0 amide bonds. The molecule has 8 heteroatoms. The van der Waals surface area contributed by atoms with Crippen LogP contribution in [0.3, 0.4) is 0 Å². The van der Waals surface area contributed by atoms with Crippen molar-refractivity contribution in [3.8, 4) is 6.07 Å². The summed E-state index contributed by atoms with van der Waals surface area (Å²) in [7, 11) is 3.89. The van der Waals surface area contributed by atoms with E-state index in [-0.39, 0.29) is 28.3 Å². The first-order chi connectivity index (χ1) is 16.0. The Bertz CT molecular complexity index is 1280. The number of benzene rings is 2. The standard InChI is InChI=1S/C26H27N5O3/c1-26(2)13-21-24(22(32)14-26)23(16-8-10-17(11-9-16)29(3)4)20(15-27)25(28)30(21)18-6-5-7-19(12-18)31(33)34/h5-12,23H,13-14,28H2,1-4H3/t23-/m0/s1. The van der Waals surface area contributed by atoms with E-state index in [0.717, 1.165) is 11.3 Å². The minimum absolute atomic E-state index is 0.0383. The van der Waals surface area contributed by atoms with E-state index < -0.39 is 10.8 Å². The normalized spacial score (nSPS) is 19.6. The molecule has 2 aliphatic rings. The van der Waals surface area contributed by atoms with E-state index in [2.05, 4.69) is 6.07 Å². The Morgan fingerprint density at radius 3 is 2.44 bits per heavy atom. The van der Waals surface area contributed by atoms with Gasteiger partial charge >= 0.3 is 0 Å². The molecule has 2 aromatic rings. The SMILES string of the molecule is CN(C)c1ccc([C@H]2C(C#N)=C(N)N(c3cccc([N+](=O)[O-])c3)C3=C2C(=O)CC(C)(C)C3)cc1. The molecule has 0 fully saturated rings. The van der Waals surface area contributed by atoms with Gasteiger partial charge in [-0.3, -0.25) is 19.8 Å². The van der Waals surface area contributed by atoms with Crippen LogP contribution in [-0.2, 0) is 4.79 Å². The van der Waals surface area contributed by atoms with Gasteiger partial charge in [0.15, 0.2) is 5.78 Å². The summed E-state index contributed by atoms with van der Waals surface area (Å²) >= 11 is 0. The third-order valence-electron chi connectivity index (χ3n) is 6.42. The highest BCUT2D eigenvalue weighted by atomic mass is 16.6. The van der Waals surface area contributed by atoms with Crippen LogP contribution in [0.15, 0.2) is 71.2 Å². The lowest BCUT2D eigenvalue weighted by Gasteiger charge is -2.43. The second-order valence-corrected chi connectivity index (χ2v) is 9.74. The molecule has 0 bridgehead atoms. The summed E-state index contributed by atoms with van der Waals surface area (Å²) in [6, 6.07) is 16.1. The predicted octanol–water partition coefficient (Wildman–Crippen LogP) is 4.60. The molecule has 0 saturated heterocycles. The maximum atomic E-state index is 13.5. The van der Waals surface area contributed by atoms with Crippen LogP contribution in [0.25, 0.3) is 0 Å². The number of nitriles is 1. The Balaban J connectivity index is 1.96. The molecule has 8 nitrogen and oxygen atoms in total. The number of allylic oxidation sites excluding steroid dienone is 3. The zero-order chi connectivity index (χ0) is 24.8. The zero-order valence-electron chi connectivity index (χ0n) is 19.7. The molecule has 34 heavy (non-hydrogen) atoms. The second kappa shape index (κ2) is 8.34. The summed E-state index contributed by atoms with van der Waals surface area (Å²) in [6.45, 7) is 4.03. The number of hydrogen-bond acceptors (Lipinski definition) is 7. The quantitative estimate of drug-likeness (QED) is 0.527.